The standard InChI is InChI=1S/C10H20O3/c1-3-13-10(12)8-9(2)6-4-5-7-11/h9,11H,3-8H2,1-2H3. The lowest BCUT2D eigenvalue weighted by atomic mass is 10.0. The van der Waals surface area contributed by atoms with E-state index in [0.29, 0.717) is 18.9 Å². The summed E-state index contributed by atoms with van der Waals surface area (Å²) in [5.74, 6) is 0.254. The monoisotopic (exact) mass is 188 g/mol. The Bertz CT molecular complexity index is 134. The average Bonchev–Trinajstić information content (AvgIpc) is 2.05. The first-order valence-corrected chi connectivity index (χ1v) is 4.97. The molecule has 0 aliphatic carbocycles. The summed E-state index contributed by atoms with van der Waals surface area (Å²) in [4.78, 5) is 11.0. The fourth-order valence-electron chi connectivity index (χ4n) is 1.21. The second-order valence-corrected chi connectivity index (χ2v) is 3.33. The quantitative estimate of drug-likeness (QED) is 0.489. The van der Waals surface area contributed by atoms with Crippen LogP contribution in [0.2, 0.25) is 0 Å². The molecule has 0 aliphatic heterocycles. The molecular weight excluding hydrogens is 168 g/mol. The molecule has 0 fully saturated rings. The molecule has 1 atom stereocenters. The van der Waals surface area contributed by atoms with Gasteiger partial charge in [-0.3, -0.25) is 4.79 Å². The average molecular weight is 188 g/mol. The molecule has 0 spiro atoms. The zero-order valence-corrected chi connectivity index (χ0v) is 8.58. The number of aliphatic hydroxyl groups excluding tert-OH is 1. The van der Waals surface area contributed by atoms with Crippen molar-refractivity contribution < 1.29 is 14.6 Å². The van der Waals surface area contributed by atoms with Gasteiger partial charge in [0.1, 0.15) is 0 Å². The lowest BCUT2D eigenvalue weighted by Crippen LogP contribution is -2.09. The maximum absolute atomic E-state index is 11.0. The number of carbonyl (C=O) groups excluding carboxylic acids is 1. The second kappa shape index (κ2) is 8.05. The van der Waals surface area contributed by atoms with Crippen LogP contribution < -0.4 is 0 Å². The molecule has 0 saturated carbocycles. The maximum atomic E-state index is 11.0. The third-order valence-corrected chi connectivity index (χ3v) is 1.93. The molecule has 0 radical (unpaired) electrons. The number of carbonyl (C=O) groups is 1. The van der Waals surface area contributed by atoms with Gasteiger partial charge in [-0.1, -0.05) is 19.8 Å². The molecule has 0 aromatic rings. The van der Waals surface area contributed by atoms with Crippen molar-refractivity contribution >= 4 is 5.97 Å². The van der Waals surface area contributed by atoms with Crippen LogP contribution >= 0.6 is 0 Å². The molecule has 0 rings (SSSR count). The molecule has 0 aromatic carbocycles. The van der Waals surface area contributed by atoms with Gasteiger partial charge in [0, 0.05) is 13.0 Å². The van der Waals surface area contributed by atoms with E-state index in [9.17, 15) is 4.79 Å². The first-order chi connectivity index (χ1) is 6.20. The van der Waals surface area contributed by atoms with Crippen LogP contribution in [0.5, 0.6) is 0 Å². The van der Waals surface area contributed by atoms with Gasteiger partial charge in [-0.25, -0.2) is 0 Å². The fraction of sp³-hybridized carbons (Fsp3) is 0.900. The molecule has 78 valence electrons. The number of unbranched alkanes of at least 4 members (excludes halogenated alkanes) is 1. The van der Waals surface area contributed by atoms with Gasteiger partial charge in [0.2, 0.25) is 0 Å². The highest BCUT2D eigenvalue weighted by Crippen LogP contribution is 2.12. The minimum Gasteiger partial charge on any atom is -0.466 e. The van der Waals surface area contributed by atoms with Gasteiger partial charge >= 0.3 is 5.97 Å². The Kier molecular flexibility index (Phi) is 7.69. The fourth-order valence-corrected chi connectivity index (χ4v) is 1.21. The summed E-state index contributed by atoms with van der Waals surface area (Å²) >= 11 is 0. The van der Waals surface area contributed by atoms with E-state index in [1.807, 2.05) is 13.8 Å². The zero-order valence-electron chi connectivity index (χ0n) is 8.58. The van der Waals surface area contributed by atoms with Gasteiger partial charge < -0.3 is 9.84 Å². The van der Waals surface area contributed by atoms with Crippen LogP contribution in [-0.2, 0) is 9.53 Å². The highest BCUT2D eigenvalue weighted by molar-refractivity contribution is 5.69. The van der Waals surface area contributed by atoms with Crippen LogP contribution in [0.15, 0.2) is 0 Å². The summed E-state index contributed by atoms with van der Waals surface area (Å²) in [6, 6.07) is 0. The zero-order chi connectivity index (χ0) is 10.1. The molecule has 3 heteroatoms. The number of esters is 1. The molecule has 0 bridgehead atoms. The summed E-state index contributed by atoms with van der Waals surface area (Å²) in [5.41, 5.74) is 0. The Morgan fingerprint density at radius 2 is 2.15 bits per heavy atom. The number of ether oxygens (including phenoxy) is 1. The van der Waals surface area contributed by atoms with Crippen LogP contribution in [0.4, 0.5) is 0 Å². The summed E-state index contributed by atoms with van der Waals surface area (Å²) < 4.78 is 4.83. The lowest BCUT2D eigenvalue weighted by molar-refractivity contribution is -0.144. The Morgan fingerprint density at radius 3 is 2.69 bits per heavy atom. The van der Waals surface area contributed by atoms with Gasteiger partial charge in [-0.15, -0.1) is 0 Å². The van der Waals surface area contributed by atoms with Crippen molar-refractivity contribution in [1.82, 2.24) is 0 Å². The van der Waals surface area contributed by atoms with Gasteiger partial charge in [0.05, 0.1) is 6.61 Å². The van der Waals surface area contributed by atoms with Crippen molar-refractivity contribution in [1.29, 1.82) is 0 Å². The van der Waals surface area contributed by atoms with E-state index < -0.39 is 0 Å². The largest absolute Gasteiger partial charge is 0.466 e. The highest BCUT2D eigenvalue weighted by atomic mass is 16.5. The van der Waals surface area contributed by atoms with E-state index in [-0.39, 0.29) is 12.6 Å². The van der Waals surface area contributed by atoms with Gasteiger partial charge in [-0.05, 0) is 19.3 Å². The topological polar surface area (TPSA) is 46.5 Å². The first-order valence-electron chi connectivity index (χ1n) is 4.97. The second-order valence-electron chi connectivity index (χ2n) is 3.33. The highest BCUT2D eigenvalue weighted by Gasteiger charge is 2.08. The molecular formula is C10H20O3. The number of hydrogen-bond donors (Lipinski definition) is 1. The van der Waals surface area contributed by atoms with Crippen LogP contribution in [0, 0.1) is 5.92 Å². The molecule has 1 N–H and O–H groups in total. The van der Waals surface area contributed by atoms with E-state index in [1.165, 1.54) is 0 Å². The Hall–Kier alpha value is -0.570. The van der Waals surface area contributed by atoms with Crippen molar-refractivity contribution in [3.63, 3.8) is 0 Å². The molecule has 3 nitrogen and oxygen atoms in total. The van der Waals surface area contributed by atoms with Crippen LogP contribution in [0.1, 0.15) is 39.5 Å². The van der Waals surface area contributed by atoms with Crippen molar-refractivity contribution in [2.75, 3.05) is 13.2 Å². The van der Waals surface area contributed by atoms with Crippen LogP contribution in [0.25, 0.3) is 0 Å². The lowest BCUT2D eigenvalue weighted by Gasteiger charge is -2.09. The maximum Gasteiger partial charge on any atom is 0.306 e. The Balaban J connectivity index is 3.38. The predicted molar refractivity (Wildman–Crippen MR) is 51.4 cm³/mol. The SMILES string of the molecule is CCOC(=O)CC(C)CCCCO. The van der Waals surface area contributed by atoms with Gasteiger partial charge in [0.15, 0.2) is 0 Å². The summed E-state index contributed by atoms with van der Waals surface area (Å²) in [6.07, 6.45) is 3.29. The Labute approximate surface area is 80.1 Å². The number of hydrogen-bond acceptors (Lipinski definition) is 3. The summed E-state index contributed by atoms with van der Waals surface area (Å²) in [6.45, 7) is 4.55. The third kappa shape index (κ3) is 7.78. The smallest absolute Gasteiger partial charge is 0.306 e. The van der Waals surface area contributed by atoms with E-state index in [4.69, 9.17) is 9.84 Å². The predicted octanol–water partition coefficient (Wildman–Crippen LogP) is 1.74. The van der Waals surface area contributed by atoms with Gasteiger partial charge in [0.25, 0.3) is 0 Å². The third-order valence-electron chi connectivity index (χ3n) is 1.93. The number of aliphatic hydroxyl groups is 1. The molecule has 0 amide bonds. The van der Waals surface area contributed by atoms with E-state index in [2.05, 4.69) is 0 Å². The van der Waals surface area contributed by atoms with E-state index in [0.717, 1.165) is 19.3 Å². The summed E-state index contributed by atoms with van der Waals surface area (Å²) in [5, 5.41) is 8.55. The summed E-state index contributed by atoms with van der Waals surface area (Å²) in [7, 11) is 0. The normalized spacial score (nSPS) is 12.5. The minimum absolute atomic E-state index is 0.112. The van der Waals surface area contributed by atoms with Crippen molar-refractivity contribution in [2.45, 2.75) is 39.5 Å². The molecule has 0 aliphatic rings. The Morgan fingerprint density at radius 1 is 1.46 bits per heavy atom. The molecule has 0 aromatic heterocycles. The van der Waals surface area contributed by atoms with E-state index >= 15 is 0 Å². The van der Waals surface area contributed by atoms with Crippen LogP contribution in [0.3, 0.4) is 0 Å². The van der Waals surface area contributed by atoms with Crippen molar-refractivity contribution in [3.05, 3.63) is 0 Å². The molecule has 13 heavy (non-hydrogen) atoms. The van der Waals surface area contributed by atoms with Gasteiger partial charge in [-0.2, -0.15) is 0 Å². The van der Waals surface area contributed by atoms with E-state index in [1.54, 1.807) is 0 Å². The minimum atomic E-state index is -0.112. The van der Waals surface area contributed by atoms with Crippen LogP contribution in [-0.4, -0.2) is 24.3 Å². The molecule has 0 saturated heterocycles. The number of rotatable bonds is 7. The molecule has 1 unspecified atom stereocenters. The van der Waals surface area contributed by atoms with Crippen molar-refractivity contribution in [3.8, 4) is 0 Å². The van der Waals surface area contributed by atoms with Crippen molar-refractivity contribution in [2.24, 2.45) is 5.92 Å². The first kappa shape index (κ1) is 12.4. The molecule has 0 heterocycles.